The minimum absolute atomic E-state index is 0.0521. The zero-order valence-electron chi connectivity index (χ0n) is 15.7. The van der Waals surface area contributed by atoms with Gasteiger partial charge in [0.05, 0.1) is 6.20 Å². The van der Waals surface area contributed by atoms with Gasteiger partial charge in [0.1, 0.15) is 5.71 Å². The van der Waals surface area contributed by atoms with Crippen LogP contribution in [0.25, 0.3) is 11.1 Å². The fraction of sp³-hybridized carbons (Fsp3) is 0.300. The fourth-order valence-electron chi connectivity index (χ4n) is 3.20. The molecule has 7 nitrogen and oxygen atoms in total. The highest BCUT2D eigenvalue weighted by Gasteiger charge is 2.26. The van der Waals surface area contributed by atoms with Crippen LogP contribution in [0.4, 0.5) is 0 Å². The monoisotopic (exact) mass is 365 g/mol. The number of nitrogens with one attached hydrogen (secondary N) is 2. The van der Waals surface area contributed by atoms with Gasteiger partial charge in [-0.15, -0.1) is 0 Å². The van der Waals surface area contributed by atoms with Crippen molar-refractivity contribution in [1.82, 2.24) is 20.0 Å². The molecule has 27 heavy (non-hydrogen) atoms. The van der Waals surface area contributed by atoms with Crippen molar-refractivity contribution in [2.24, 2.45) is 7.05 Å². The van der Waals surface area contributed by atoms with Gasteiger partial charge in [0.15, 0.2) is 0 Å². The Morgan fingerprint density at radius 2 is 1.89 bits per heavy atom. The van der Waals surface area contributed by atoms with Crippen molar-refractivity contribution < 1.29 is 9.59 Å². The largest absolute Gasteiger partial charge is 0.391 e. The number of nitrogens with zero attached hydrogens (tertiary/aromatic N) is 3. The van der Waals surface area contributed by atoms with Crippen LogP contribution in [-0.4, -0.2) is 52.2 Å². The molecule has 2 heterocycles. The molecule has 0 bridgehead atoms. The average molecular weight is 365 g/mol. The predicted octanol–water partition coefficient (Wildman–Crippen LogP) is 2.02. The van der Waals surface area contributed by atoms with Crippen molar-refractivity contribution in [3.8, 4) is 11.1 Å². The Labute approximate surface area is 158 Å². The topological polar surface area (TPSA) is 91.1 Å². The first-order chi connectivity index (χ1) is 12.9. The first-order valence-corrected chi connectivity index (χ1v) is 8.78. The minimum Gasteiger partial charge on any atom is -0.391 e. The highest BCUT2D eigenvalue weighted by atomic mass is 16.2. The molecule has 7 heteroatoms. The summed E-state index contributed by atoms with van der Waals surface area (Å²) < 4.78 is 1.72. The Balaban J connectivity index is 1.83. The lowest BCUT2D eigenvalue weighted by Gasteiger charge is -2.30. The first kappa shape index (κ1) is 18.6. The van der Waals surface area contributed by atoms with Gasteiger partial charge in [-0.2, -0.15) is 5.10 Å². The van der Waals surface area contributed by atoms with Crippen molar-refractivity contribution in [3.63, 3.8) is 0 Å². The van der Waals surface area contributed by atoms with Gasteiger partial charge < -0.3 is 10.2 Å². The maximum atomic E-state index is 12.8. The molecule has 1 aromatic heterocycles. The van der Waals surface area contributed by atoms with Gasteiger partial charge in [0.2, 0.25) is 11.7 Å². The Morgan fingerprint density at radius 1 is 1.19 bits per heavy atom. The number of amides is 1. The van der Waals surface area contributed by atoms with Crippen molar-refractivity contribution in [2.45, 2.75) is 13.3 Å². The van der Waals surface area contributed by atoms with E-state index in [1.807, 2.05) is 25.4 Å². The van der Waals surface area contributed by atoms with Crippen LogP contribution in [0.1, 0.15) is 23.7 Å². The molecule has 0 radical (unpaired) electrons. The van der Waals surface area contributed by atoms with E-state index < -0.39 is 0 Å². The maximum Gasteiger partial charge on any atom is 0.219 e. The fourth-order valence-corrected chi connectivity index (χ4v) is 3.20. The molecule has 2 N–H and O–H groups in total. The number of benzene rings is 1. The van der Waals surface area contributed by atoms with Crippen molar-refractivity contribution >= 4 is 17.4 Å². The molecular formula is C20H23N5O2. The van der Waals surface area contributed by atoms with Crippen LogP contribution in [-0.2, 0) is 11.8 Å². The van der Waals surface area contributed by atoms with Crippen LogP contribution in [0.3, 0.4) is 0 Å². The number of ketones is 1. The van der Waals surface area contributed by atoms with E-state index in [2.05, 4.69) is 10.4 Å². The third-order valence-corrected chi connectivity index (χ3v) is 4.81. The summed E-state index contributed by atoms with van der Waals surface area (Å²) in [6, 6.07) is 7.16. The third-order valence-electron chi connectivity index (χ3n) is 4.81. The van der Waals surface area contributed by atoms with E-state index in [0.29, 0.717) is 24.1 Å². The quantitative estimate of drug-likeness (QED) is 0.626. The molecule has 0 aliphatic carbocycles. The van der Waals surface area contributed by atoms with Gasteiger partial charge in [-0.3, -0.25) is 19.7 Å². The third kappa shape index (κ3) is 3.81. The molecule has 3 rings (SSSR count). The zero-order chi connectivity index (χ0) is 19.6. The first-order valence-electron chi connectivity index (χ1n) is 8.78. The Morgan fingerprint density at radius 3 is 2.44 bits per heavy atom. The van der Waals surface area contributed by atoms with Gasteiger partial charge in [-0.05, 0) is 5.56 Å². The van der Waals surface area contributed by atoms with E-state index in [-0.39, 0.29) is 23.9 Å². The standard InChI is InChI=1S/C20H23N5O2/c1-13(26)25-9-8-18(22-2)17(12-25)19(21)20(27)15-6-4-14(5-7-15)16-10-23-24(3)11-16/h4-7,10-11,21-22H,8-9,12H2,1-3H3. The molecule has 1 aliphatic heterocycles. The molecule has 0 saturated heterocycles. The molecule has 1 aliphatic rings. The van der Waals surface area contributed by atoms with E-state index in [0.717, 1.165) is 16.8 Å². The second kappa shape index (κ2) is 7.57. The smallest absolute Gasteiger partial charge is 0.219 e. The van der Waals surface area contributed by atoms with Gasteiger partial charge in [0.25, 0.3) is 0 Å². The normalized spacial score (nSPS) is 14.3. The van der Waals surface area contributed by atoms with Gasteiger partial charge in [0, 0.05) is 69.1 Å². The molecular weight excluding hydrogens is 342 g/mol. The lowest BCUT2D eigenvalue weighted by Crippen LogP contribution is -2.40. The van der Waals surface area contributed by atoms with Crippen molar-refractivity contribution in [2.75, 3.05) is 20.1 Å². The van der Waals surface area contributed by atoms with Gasteiger partial charge in [-0.1, -0.05) is 24.3 Å². The van der Waals surface area contributed by atoms with Crippen LogP contribution >= 0.6 is 0 Å². The van der Waals surface area contributed by atoms with Crippen LogP contribution in [0.2, 0.25) is 0 Å². The van der Waals surface area contributed by atoms with Gasteiger partial charge in [-0.25, -0.2) is 0 Å². The summed E-state index contributed by atoms with van der Waals surface area (Å²) in [5, 5.41) is 15.6. The molecule has 0 fully saturated rings. The molecule has 0 spiro atoms. The summed E-state index contributed by atoms with van der Waals surface area (Å²) >= 11 is 0. The Kier molecular flexibility index (Phi) is 5.21. The van der Waals surface area contributed by atoms with Crippen molar-refractivity contribution in [1.29, 1.82) is 5.41 Å². The summed E-state index contributed by atoms with van der Waals surface area (Å²) in [6.45, 7) is 2.38. The second-order valence-corrected chi connectivity index (χ2v) is 6.58. The summed E-state index contributed by atoms with van der Waals surface area (Å²) in [5.74, 6) is -0.399. The number of carbonyl (C=O) groups excluding carboxylic acids is 2. The number of rotatable bonds is 5. The highest BCUT2D eigenvalue weighted by Crippen LogP contribution is 2.22. The van der Waals surface area contributed by atoms with E-state index in [4.69, 9.17) is 5.41 Å². The number of hydrogen-bond acceptors (Lipinski definition) is 5. The number of aromatic nitrogens is 2. The molecule has 140 valence electrons. The summed E-state index contributed by atoms with van der Waals surface area (Å²) in [5.41, 5.74) is 3.74. The van der Waals surface area contributed by atoms with Crippen molar-refractivity contribution in [3.05, 3.63) is 53.5 Å². The van der Waals surface area contributed by atoms with E-state index in [1.165, 1.54) is 6.92 Å². The molecule has 0 saturated carbocycles. The van der Waals surface area contributed by atoms with Gasteiger partial charge >= 0.3 is 0 Å². The lowest BCUT2D eigenvalue weighted by molar-refractivity contribution is -0.128. The minimum atomic E-state index is -0.346. The second-order valence-electron chi connectivity index (χ2n) is 6.58. The van der Waals surface area contributed by atoms with Crippen LogP contribution in [0.15, 0.2) is 47.9 Å². The maximum absolute atomic E-state index is 12.8. The number of Topliss-reactive ketones (excluding diaryl/α,β-unsaturated/α-hetero) is 1. The molecule has 0 unspecified atom stereocenters. The predicted molar refractivity (Wildman–Crippen MR) is 104 cm³/mol. The molecule has 0 atom stereocenters. The van der Waals surface area contributed by atoms with E-state index >= 15 is 0 Å². The molecule has 1 amide bonds. The summed E-state index contributed by atoms with van der Waals surface area (Å²) in [7, 11) is 3.63. The van der Waals surface area contributed by atoms with Crippen LogP contribution in [0.5, 0.6) is 0 Å². The average Bonchev–Trinajstić information content (AvgIpc) is 3.12. The van der Waals surface area contributed by atoms with Crippen LogP contribution < -0.4 is 5.32 Å². The number of hydrogen-bond donors (Lipinski definition) is 2. The lowest BCUT2D eigenvalue weighted by atomic mass is 9.94. The SMILES string of the molecule is CNC1=C(C(=N)C(=O)c2ccc(-c3cnn(C)c3)cc2)CN(C(C)=O)CC1. The van der Waals surface area contributed by atoms with Crippen LogP contribution in [0, 0.1) is 5.41 Å². The summed E-state index contributed by atoms with van der Waals surface area (Å²) in [4.78, 5) is 26.2. The molecule has 2 aromatic rings. The Bertz CT molecular complexity index is 924. The zero-order valence-corrected chi connectivity index (χ0v) is 15.7. The highest BCUT2D eigenvalue weighted by molar-refractivity contribution is 6.50. The number of aryl methyl sites for hydroxylation is 1. The number of carbonyl (C=O) groups is 2. The summed E-state index contributed by atoms with van der Waals surface area (Å²) in [6.07, 6.45) is 4.28. The Hall–Kier alpha value is -3.22. The van der Waals surface area contributed by atoms with E-state index in [9.17, 15) is 9.59 Å². The molecule has 1 aromatic carbocycles. The van der Waals surface area contributed by atoms with E-state index in [1.54, 1.807) is 35.0 Å².